The second kappa shape index (κ2) is 9.03. The molecule has 0 aliphatic heterocycles. The average Bonchev–Trinajstić information content (AvgIpc) is 2.74. The Labute approximate surface area is 163 Å². The average molecular weight is 379 g/mol. The van der Waals surface area contributed by atoms with Crippen molar-refractivity contribution in [2.45, 2.75) is 20.4 Å². The number of benzene rings is 1. The maximum Gasteiger partial charge on any atom is 0.256 e. The molecule has 0 unspecified atom stereocenters. The number of amides is 1. The van der Waals surface area contributed by atoms with Crippen LogP contribution < -0.4 is 10.2 Å². The zero-order chi connectivity index (χ0) is 19.9. The van der Waals surface area contributed by atoms with E-state index in [0.717, 1.165) is 5.69 Å². The summed E-state index contributed by atoms with van der Waals surface area (Å²) in [6.45, 7) is 5.70. The van der Waals surface area contributed by atoms with Crippen molar-refractivity contribution in [1.82, 2.24) is 20.3 Å². The largest absolute Gasteiger partial charge is 0.356 e. The summed E-state index contributed by atoms with van der Waals surface area (Å²) in [5.41, 5.74) is 1.85. The van der Waals surface area contributed by atoms with E-state index < -0.39 is 0 Å². The number of hydrogen-bond acceptors (Lipinski definition) is 5. The molecule has 1 N–H and O–H groups in total. The van der Waals surface area contributed by atoms with Crippen LogP contribution in [-0.2, 0) is 6.54 Å². The zero-order valence-electron chi connectivity index (χ0n) is 15.9. The highest BCUT2D eigenvalue weighted by Crippen LogP contribution is 2.23. The fourth-order valence-electron chi connectivity index (χ4n) is 2.80. The molecule has 28 heavy (non-hydrogen) atoms. The molecule has 144 valence electrons. The van der Waals surface area contributed by atoms with E-state index in [-0.39, 0.29) is 11.7 Å². The summed E-state index contributed by atoms with van der Waals surface area (Å²) in [6, 6.07) is 11.5. The summed E-state index contributed by atoms with van der Waals surface area (Å²) in [6.07, 6.45) is 3.20. The van der Waals surface area contributed by atoms with Gasteiger partial charge in [-0.3, -0.25) is 9.78 Å². The predicted molar refractivity (Wildman–Crippen MR) is 106 cm³/mol. The van der Waals surface area contributed by atoms with Gasteiger partial charge in [0.1, 0.15) is 17.2 Å². The lowest BCUT2D eigenvalue weighted by molar-refractivity contribution is 0.0950. The second-order valence-corrected chi connectivity index (χ2v) is 6.11. The number of carbonyl (C=O) groups is 1. The molecule has 0 saturated heterocycles. The van der Waals surface area contributed by atoms with Gasteiger partial charge in [-0.05, 0) is 50.2 Å². The number of carbonyl (C=O) groups excluding carboxylic acids is 1. The Balaban J connectivity index is 1.90. The van der Waals surface area contributed by atoms with Crippen molar-refractivity contribution in [2.75, 3.05) is 18.0 Å². The highest BCUT2D eigenvalue weighted by Gasteiger charge is 2.19. The van der Waals surface area contributed by atoms with E-state index in [0.29, 0.717) is 42.4 Å². The molecule has 0 atom stereocenters. The minimum absolute atomic E-state index is 0.266. The molecule has 0 aliphatic carbocycles. The van der Waals surface area contributed by atoms with E-state index in [4.69, 9.17) is 0 Å². The van der Waals surface area contributed by atoms with Gasteiger partial charge in [0.25, 0.3) is 5.91 Å². The predicted octanol–water partition coefficient (Wildman–Crippen LogP) is 3.45. The van der Waals surface area contributed by atoms with Crippen LogP contribution in [0.2, 0.25) is 0 Å². The Morgan fingerprint density at radius 2 is 1.82 bits per heavy atom. The van der Waals surface area contributed by atoms with Gasteiger partial charge in [-0.2, -0.15) is 0 Å². The van der Waals surface area contributed by atoms with Crippen molar-refractivity contribution in [1.29, 1.82) is 0 Å². The number of rotatable bonds is 7. The molecule has 6 nitrogen and oxygen atoms in total. The maximum absolute atomic E-state index is 13.2. The molecule has 3 rings (SSSR count). The Kier molecular flexibility index (Phi) is 6.26. The summed E-state index contributed by atoms with van der Waals surface area (Å²) in [5, 5.41) is 2.87. The molecular formula is C21H22FN5O. The summed E-state index contributed by atoms with van der Waals surface area (Å²) in [4.78, 5) is 27.9. The van der Waals surface area contributed by atoms with Gasteiger partial charge >= 0.3 is 0 Å². The number of nitrogens with one attached hydrogen (secondary N) is 1. The van der Waals surface area contributed by atoms with Crippen LogP contribution in [-0.4, -0.2) is 33.9 Å². The van der Waals surface area contributed by atoms with Crippen LogP contribution in [0.25, 0.3) is 11.4 Å². The number of halogens is 1. The van der Waals surface area contributed by atoms with E-state index in [1.807, 2.05) is 36.9 Å². The monoisotopic (exact) mass is 379 g/mol. The smallest absolute Gasteiger partial charge is 0.256 e. The van der Waals surface area contributed by atoms with Gasteiger partial charge in [0.15, 0.2) is 5.82 Å². The van der Waals surface area contributed by atoms with Crippen LogP contribution >= 0.6 is 0 Å². The van der Waals surface area contributed by atoms with Crippen molar-refractivity contribution >= 4 is 11.7 Å². The van der Waals surface area contributed by atoms with Gasteiger partial charge in [-0.1, -0.05) is 6.07 Å². The van der Waals surface area contributed by atoms with Gasteiger partial charge in [0, 0.05) is 31.0 Å². The lowest BCUT2D eigenvalue weighted by atomic mass is 10.2. The summed E-state index contributed by atoms with van der Waals surface area (Å²) >= 11 is 0. The van der Waals surface area contributed by atoms with Crippen LogP contribution in [0.4, 0.5) is 10.2 Å². The number of hydrogen-bond donors (Lipinski definition) is 1. The van der Waals surface area contributed by atoms with Gasteiger partial charge in [0.2, 0.25) is 0 Å². The third-order valence-corrected chi connectivity index (χ3v) is 4.33. The van der Waals surface area contributed by atoms with Crippen LogP contribution in [0.1, 0.15) is 29.9 Å². The van der Waals surface area contributed by atoms with E-state index in [9.17, 15) is 9.18 Å². The Morgan fingerprint density at radius 3 is 2.46 bits per heavy atom. The summed E-state index contributed by atoms with van der Waals surface area (Å²) < 4.78 is 13.2. The molecule has 0 saturated carbocycles. The second-order valence-electron chi connectivity index (χ2n) is 6.11. The number of anilines is 1. The standard InChI is InChI=1S/C21H22FN5O/c1-3-27(4-2)20-18(21(28)25-13-17-7-5-6-12-23-17)14-24-19(26-20)15-8-10-16(22)11-9-15/h5-12,14H,3-4,13H2,1-2H3,(H,25,28). The van der Waals surface area contributed by atoms with Crippen LogP contribution in [0.15, 0.2) is 54.9 Å². The summed E-state index contributed by atoms with van der Waals surface area (Å²) in [5.74, 6) is 0.414. The Morgan fingerprint density at radius 1 is 1.07 bits per heavy atom. The van der Waals surface area contributed by atoms with Crippen molar-refractivity contribution in [3.05, 3.63) is 71.9 Å². The molecule has 0 fully saturated rings. The van der Waals surface area contributed by atoms with Crippen molar-refractivity contribution in [3.63, 3.8) is 0 Å². The lowest BCUT2D eigenvalue weighted by Crippen LogP contribution is -2.30. The van der Waals surface area contributed by atoms with Gasteiger partial charge in [0.05, 0.1) is 12.2 Å². The first-order chi connectivity index (χ1) is 13.6. The molecule has 2 aromatic heterocycles. The molecule has 0 spiro atoms. The van der Waals surface area contributed by atoms with Crippen molar-refractivity contribution < 1.29 is 9.18 Å². The number of pyridine rings is 1. The molecular weight excluding hydrogens is 357 g/mol. The highest BCUT2D eigenvalue weighted by atomic mass is 19.1. The van der Waals surface area contributed by atoms with Crippen molar-refractivity contribution in [3.8, 4) is 11.4 Å². The third kappa shape index (κ3) is 4.49. The van der Waals surface area contributed by atoms with Gasteiger partial charge < -0.3 is 10.2 Å². The van der Waals surface area contributed by atoms with Gasteiger partial charge in [-0.15, -0.1) is 0 Å². The normalized spacial score (nSPS) is 10.5. The van der Waals surface area contributed by atoms with Crippen molar-refractivity contribution in [2.24, 2.45) is 0 Å². The first kappa shape index (κ1) is 19.4. The zero-order valence-corrected chi connectivity index (χ0v) is 15.9. The highest BCUT2D eigenvalue weighted by molar-refractivity contribution is 5.98. The SMILES string of the molecule is CCN(CC)c1nc(-c2ccc(F)cc2)ncc1C(=O)NCc1ccccn1. The van der Waals surface area contributed by atoms with E-state index in [2.05, 4.69) is 20.3 Å². The molecule has 0 aliphatic rings. The number of nitrogens with zero attached hydrogens (tertiary/aromatic N) is 4. The van der Waals surface area contributed by atoms with E-state index in [1.54, 1.807) is 18.3 Å². The van der Waals surface area contributed by atoms with Crippen LogP contribution in [0.3, 0.4) is 0 Å². The molecule has 1 amide bonds. The third-order valence-electron chi connectivity index (χ3n) is 4.33. The molecule has 1 aromatic carbocycles. The maximum atomic E-state index is 13.2. The minimum atomic E-state index is -0.321. The fourth-order valence-corrected chi connectivity index (χ4v) is 2.80. The summed E-state index contributed by atoms with van der Waals surface area (Å²) in [7, 11) is 0. The van der Waals surface area contributed by atoms with Crippen LogP contribution in [0, 0.1) is 5.82 Å². The number of aromatic nitrogens is 3. The lowest BCUT2D eigenvalue weighted by Gasteiger charge is -2.22. The first-order valence-electron chi connectivity index (χ1n) is 9.18. The van der Waals surface area contributed by atoms with E-state index >= 15 is 0 Å². The molecule has 2 heterocycles. The van der Waals surface area contributed by atoms with E-state index in [1.165, 1.54) is 18.3 Å². The molecule has 0 bridgehead atoms. The molecule has 3 aromatic rings. The fraction of sp³-hybridized carbons (Fsp3) is 0.238. The Bertz CT molecular complexity index is 927. The minimum Gasteiger partial charge on any atom is -0.356 e. The van der Waals surface area contributed by atoms with Crippen LogP contribution in [0.5, 0.6) is 0 Å². The first-order valence-corrected chi connectivity index (χ1v) is 9.18. The molecule has 7 heteroatoms. The topological polar surface area (TPSA) is 71.0 Å². The quantitative estimate of drug-likeness (QED) is 0.681. The van der Waals surface area contributed by atoms with Gasteiger partial charge in [-0.25, -0.2) is 14.4 Å². The Hall–Kier alpha value is -3.35. The molecule has 0 radical (unpaired) electrons.